The second-order valence-electron chi connectivity index (χ2n) is 4.61. The summed E-state index contributed by atoms with van der Waals surface area (Å²) < 4.78 is 18.8. The van der Waals surface area contributed by atoms with Gasteiger partial charge in [-0.1, -0.05) is 6.07 Å². The summed E-state index contributed by atoms with van der Waals surface area (Å²) in [4.78, 5) is 10.9. The molecule has 3 heteroatoms. The number of carbonyl (C=O) groups excluding carboxylic acids is 1. The maximum absolute atomic E-state index is 13.1. The molecule has 2 rings (SSSR count). The van der Waals surface area contributed by atoms with Gasteiger partial charge in [0.1, 0.15) is 17.3 Å². The molecule has 0 heterocycles. The number of hydrogen-bond acceptors (Lipinski definition) is 2. The van der Waals surface area contributed by atoms with Gasteiger partial charge in [0.05, 0.1) is 5.56 Å². The highest BCUT2D eigenvalue weighted by molar-refractivity contribution is 5.79. The standard InChI is InChI=1S/C16H15FO2/c1-10-6-11(2)12(3)16(7-10)19-15-5-4-14(17)8-13(15)9-18/h4-9H,1-3H3. The fourth-order valence-corrected chi connectivity index (χ4v) is 1.93. The van der Waals surface area contributed by atoms with Crippen LogP contribution >= 0.6 is 0 Å². The van der Waals surface area contributed by atoms with Crippen molar-refractivity contribution in [2.75, 3.05) is 0 Å². The molecule has 0 saturated carbocycles. The van der Waals surface area contributed by atoms with Crippen LogP contribution in [0.15, 0.2) is 30.3 Å². The van der Waals surface area contributed by atoms with E-state index in [1.54, 1.807) is 0 Å². The van der Waals surface area contributed by atoms with Crippen LogP contribution in [0, 0.1) is 26.6 Å². The smallest absolute Gasteiger partial charge is 0.153 e. The van der Waals surface area contributed by atoms with E-state index in [4.69, 9.17) is 4.74 Å². The van der Waals surface area contributed by atoms with Gasteiger partial charge in [-0.15, -0.1) is 0 Å². The van der Waals surface area contributed by atoms with Crippen molar-refractivity contribution in [3.63, 3.8) is 0 Å². The summed E-state index contributed by atoms with van der Waals surface area (Å²) in [5.41, 5.74) is 3.41. The maximum atomic E-state index is 13.1. The van der Waals surface area contributed by atoms with Crippen molar-refractivity contribution >= 4 is 6.29 Å². The van der Waals surface area contributed by atoms with Gasteiger partial charge in [0, 0.05) is 0 Å². The molecule has 0 spiro atoms. The van der Waals surface area contributed by atoms with Gasteiger partial charge in [0.2, 0.25) is 0 Å². The summed E-state index contributed by atoms with van der Waals surface area (Å²) in [5.74, 6) is 0.600. The minimum Gasteiger partial charge on any atom is -0.456 e. The Morgan fingerprint density at radius 3 is 2.47 bits per heavy atom. The molecule has 19 heavy (non-hydrogen) atoms. The lowest BCUT2D eigenvalue weighted by Gasteiger charge is -2.13. The van der Waals surface area contributed by atoms with Crippen molar-refractivity contribution in [2.45, 2.75) is 20.8 Å². The molecule has 0 N–H and O–H groups in total. The van der Waals surface area contributed by atoms with Gasteiger partial charge in [-0.25, -0.2) is 4.39 Å². The summed E-state index contributed by atoms with van der Waals surface area (Å²) in [6.07, 6.45) is 0.594. The van der Waals surface area contributed by atoms with E-state index in [9.17, 15) is 9.18 Å². The van der Waals surface area contributed by atoms with E-state index in [0.717, 1.165) is 16.7 Å². The summed E-state index contributed by atoms with van der Waals surface area (Å²) in [5, 5.41) is 0. The average Bonchev–Trinajstić information content (AvgIpc) is 2.37. The fourth-order valence-electron chi connectivity index (χ4n) is 1.93. The second-order valence-corrected chi connectivity index (χ2v) is 4.61. The van der Waals surface area contributed by atoms with Crippen LogP contribution in [-0.2, 0) is 0 Å². The van der Waals surface area contributed by atoms with Crippen LogP contribution in [0.5, 0.6) is 11.5 Å². The molecule has 0 aromatic heterocycles. The summed E-state index contributed by atoms with van der Waals surface area (Å²) in [6, 6.07) is 7.88. The minimum absolute atomic E-state index is 0.207. The highest BCUT2D eigenvalue weighted by atomic mass is 19.1. The van der Waals surface area contributed by atoms with E-state index in [1.807, 2.05) is 26.8 Å². The number of aryl methyl sites for hydroxylation is 2. The zero-order chi connectivity index (χ0) is 14.0. The molecule has 0 radical (unpaired) electrons. The number of aldehydes is 1. The largest absolute Gasteiger partial charge is 0.456 e. The van der Waals surface area contributed by atoms with Gasteiger partial charge in [-0.2, -0.15) is 0 Å². The summed E-state index contributed by atoms with van der Waals surface area (Å²) in [7, 11) is 0. The predicted molar refractivity (Wildman–Crippen MR) is 72.5 cm³/mol. The van der Waals surface area contributed by atoms with Crippen molar-refractivity contribution in [1.82, 2.24) is 0 Å². The molecule has 0 amide bonds. The predicted octanol–water partition coefficient (Wildman–Crippen LogP) is 4.36. The molecule has 98 valence electrons. The van der Waals surface area contributed by atoms with Crippen LogP contribution in [0.4, 0.5) is 4.39 Å². The lowest BCUT2D eigenvalue weighted by atomic mass is 10.1. The molecule has 0 aliphatic rings. The van der Waals surface area contributed by atoms with E-state index in [0.29, 0.717) is 17.8 Å². The van der Waals surface area contributed by atoms with Crippen LogP contribution in [0.2, 0.25) is 0 Å². The Kier molecular flexibility index (Phi) is 3.65. The number of benzene rings is 2. The SMILES string of the molecule is Cc1cc(C)c(C)c(Oc2ccc(F)cc2C=O)c1. The molecule has 0 fully saturated rings. The van der Waals surface area contributed by atoms with Gasteiger partial charge < -0.3 is 4.74 Å². The van der Waals surface area contributed by atoms with Gasteiger partial charge >= 0.3 is 0 Å². The lowest BCUT2D eigenvalue weighted by molar-refractivity contribution is 0.112. The molecule has 2 aromatic rings. The Hall–Kier alpha value is -2.16. The lowest BCUT2D eigenvalue weighted by Crippen LogP contribution is -1.95. The maximum Gasteiger partial charge on any atom is 0.153 e. The summed E-state index contributed by atoms with van der Waals surface area (Å²) in [6.45, 7) is 5.93. The first-order valence-electron chi connectivity index (χ1n) is 6.01. The zero-order valence-electron chi connectivity index (χ0n) is 11.2. The monoisotopic (exact) mass is 258 g/mol. The van der Waals surface area contributed by atoms with E-state index >= 15 is 0 Å². The Balaban J connectivity index is 2.44. The van der Waals surface area contributed by atoms with Crippen LogP contribution in [0.3, 0.4) is 0 Å². The quantitative estimate of drug-likeness (QED) is 0.765. The Bertz CT molecular complexity index is 633. The first-order chi connectivity index (χ1) is 9.01. The molecule has 0 saturated heterocycles. The van der Waals surface area contributed by atoms with Crippen molar-refractivity contribution in [3.05, 3.63) is 58.4 Å². The van der Waals surface area contributed by atoms with E-state index in [2.05, 4.69) is 6.07 Å². The third kappa shape index (κ3) is 2.81. The van der Waals surface area contributed by atoms with Crippen LogP contribution < -0.4 is 4.74 Å². The van der Waals surface area contributed by atoms with E-state index < -0.39 is 5.82 Å². The van der Waals surface area contributed by atoms with E-state index in [1.165, 1.54) is 18.2 Å². The zero-order valence-corrected chi connectivity index (χ0v) is 11.2. The molecule has 2 aromatic carbocycles. The second kappa shape index (κ2) is 5.22. The van der Waals surface area contributed by atoms with Crippen LogP contribution in [0.1, 0.15) is 27.0 Å². The van der Waals surface area contributed by atoms with Crippen LogP contribution in [0.25, 0.3) is 0 Å². The first-order valence-corrected chi connectivity index (χ1v) is 6.01. The Morgan fingerprint density at radius 2 is 1.79 bits per heavy atom. The molecule has 2 nitrogen and oxygen atoms in total. The third-order valence-electron chi connectivity index (χ3n) is 3.08. The molecule has 0 aliphatic heterocycles. The highest BCUT2D eigenvalue weighted by Crippen LogP contribution is 2.30. The number of rotatable bonds is 3. The summed E-state index contributed by atoms with van der Waals surface area (Å²) >= 11 is 0. The van der Waals surface area contributed by atoms with Crippen molar-refractivity contribution in [1.29, 1.82) is 0 Å². The van der Waals surface area contributed by atoms with Crippen LogP contribution in [-0.4, -0.2) is 6.29 Å². The molecule has 0 atom stereocenters. The fraction of sp³-hybridized carbons (Fsp3) is 0.188. The average molecular weight is 258 g/mol. The van der Waals surface area contributed by atoms with Crippen molar-refractivity contribution in [2.24, 2.45) is 0 Å². The van der Waals surface area contributed by atoms with Crippen molar-refractivity contribution in [3.8, 4) is 11.5 Å². The molecule has 0 bridgehead atoms. The number of ether oxygens (including phenoxy) is 1. The minimum atomic E-state index is -0.452. The Morgan fingerprint density at radius 1 is 1.05 bits per heavy atom. The molecule has 0 unspecified atom stereocenters. The highest BCUT2D eigenvalue weighted by Gasteiger charge is 2.09. The topological polar surface area (TPSA) is 26.3 Å². The normalized spacial score (nSPS) is 10.3. The number of hydrogen-bond donors (Lipinski definition) is 0. The number of halogens is 1. The van der Waals surface area contributed by atoms with Gasteiger partial charge in [-0.05, 0) is 61.7 Å². The third-order valence-corrected chi connectivity index (χ3v) is 3.08. The Labute approximate surface area is 111 Å². The molecular formula is C16H15FO2. The van der Waals surface area contributed by atoms with Gasteiger partial charge in [0.15, 0.2) is 6.29 Å². The van der Waals surface area contributed by atoms with Gasteiger partial charge in [-0.3, -0.25) is 4.79 Å². The number of carbonyl (C=O) groups is 1. The molecule has 0 aliphatic carbocycles. The first kappa shape index (κ1) is 13.3. The van der Waals surface area contributed by atoms with Gasteiger partial charge in [0.25, 0.3) is 0 Å². The molecular weight excluding hydrogens is 243 g/mol. The van der Waals surface area contributed by atoms with E-state index in [-0.39, 0.29) is 5.56 Å². The van der Waals surface area contributed by atoms with Crippen molar-refractivity contribution < 1.29 is 13.9 Å².